The average Bonchev–Trinajstić information content (AvgIpc) is 3.47. The van der Waals surface area contributed by atoms with Crippen LogP contribution in [-0.2, 0) is 20.1 Å². The number of rotatable bonds is 4. The molecule has 8 rings (SSSR count). The van der Waals surface area contributed by atoms with Crippen LogP contribution in [0.25, 0.3) is 64.2 Å². The van der Waals surface area contributed by atoms with Gasteiger partial charge in [0, 0.05) is 38.6 Å². The summed E-state index contributed by atoms with van der Waals surface area (Å²) < 4.78 is 10.9. The van der Waals surface area contributed by atoms with Crippen molar-refractivity contribution in [2.24, 2.45) is 0 Å². The molecule has 0 aliphatic heterocycles. The minimum Gasteiger partial charge on any atom is -0.305 e. The maximum absolute atomic E-state index is 8.42. The topological polar surface area (TPSA) is 25.8 Å². The van der Waals surface area contributed by atoms with Crippen LogP contribution in [0.1, 0.15) is 32.2 Å². The van der Waals surface area contributed by atoms with Gasteiger partial charge in [-0.15, -0.1) is 59.7 Å². The summed E-state index contributed by atoms with van der Waals surface area (Å²) >= 11 is 1.82. The molecule has 0 unspecified atom stereocenters. The molecule has 0 atom stereocenters. The monoisotopic (exact) mass is 836 g/mol. The van der Waals surface area contributed by atoms with Crippen molar-refractivity contribution in [3.63, 3.8) is 0 Å². The molecule has 0 fully saturated rings. The van der Waals surface area contributed by atoms with Gasteiger partial charge in [-0.3, -0.25) is 0 Å². The van der Waals surface area contributed by atoms with E-state index in [2.05, 4.69) is 109 Å². The normalized spacial score (nSPS) is 12.1. The molecule has 241 valence electrons. The molecule has 0 bridgehead atoms. The number of nitrogens with zero attached hydrogens (tertiary/aromatic N) is 2. The van der Waals surface area contributed by atoms with E-state index in [-0.39, 0.29) is 20.1 Å². The van der Waals surface area contributed by atoms with E-state index in [1.807, 2.05) is 80.0 Å². The second-order valence-electron chi connectivity index (χ2n) is 13.4. The fraction of sp³-hybridized carbons (Fsp3) is 0.163. The number of thiophene rings is 1. The molecule has 0 aliphatic rings. The molecule has 0 aliphatic carbocycles. The van der Waals surface area contributed by atoms with Crippen molar-refractivity contribution in [3.05, 3.63) is 139 Å². The number of fused-ring (bicyclic) bond motifs is 7. The van der Waals surface area contributed by atoms with Crippen molar-refractivity contribution in [2.45, 2.75) is 46.3 Å². The van der Waals surface area contributed by atoms with Crippen molar-refractivity contribution >= 4 is 66.3 Å². The van der Waals surface area contributed by atoms with Gasteiger partial charge in [0.25, 0.3) is 0 Å². The number of aryl methyl sites for hydroxylation is 1. The van der Waals surface area contributed by atoms with E-state index in [4.69, 9.17) is 1.37 Å². The molecule has 3 heterocycles. The van der Waals surface area contributed by atoms with Gasteiger partial charge in [-0.2, -0.15) is 11.3 Å². The third kappa shape index (κ3) is 6.66. The van der Waals surface area contributed by atoms with Crippen LogP contribution in [0.2, 0.25) is 19.6 Å². The molecule has 5 heteroatoms. The van der Waals surface area contributed by atoms with Crippen LogP contribution in [-0.4, -0.2) is 18.0 Å². The zero-order valence-electron chi connectivity index (χ0n) is 29.1. The van der Waals surface area contributed by atoms with Crippen molar-refractivity contribution in [1.82, 2.24) is 9.97 Å². The summed E-state index contributed by atoms with van der Waals surface area (Å²) in [6.45, 7) is 13.0. The predicted molar refractivity (Wildman–Crippen MR) is 207 cm³/mol. The molecule has 3 aromatic heterocycles. The van der Waals surface area contributed by atoms with Gasteiger partial charge in [0.1, 0.15) is 0 Å². The van der Waals surface area contributed by atoms with E-state index in [1.54, 1.807) is 0 Å². The van der Waals surface area contributed by atoms with Crippen molar-refractivity contribution in [2.75, 3.05) is 0 Å². The molecule has 0 amide bonds. The molecule has 1 radical (unpaired) electrons. The van der Waals surface area contributed by atoms with Crippen LogP contribution in [0.3, 0.4) is 0 Å². The first kappa shape index (κ1) is 32.5. The van der Waals surface area contributed by atoms with Gasteiger partial charge >= 0.3 is 0 Å². The fourth-order valence-electron chi connectivity index (χ4n) is 6.08. The largest absolute Gasteiger partial charge is 0.305 e. The van der Waals surface area contributed by atoms with Gasteiger partial charge in [0.05, 0.1) is 8.07 Å². The van der Waals surface area contributed by atoms with Crippen LogP contribution < -0.4 is 5.19 Å². The van der Waals surface area contributed by atoms with E-state index in [1.165, 1.54) is 52.5 Å². The molecule has 0 spiro atoms. The molecule has 0 saturated carbocycles. The molecule has 0 N–H and O–H groups in total. The summed E-state index contributed by atoms with van der Waals surface area (Å²) in [4.78, 5) is 9.17. The number of hydrogen-bond donors (Lipinski definition) is 0. The predicted octanol–water partition coefficient (Wildman–Crippen LogP) is 11.7. The molecular weight excluding hydrogens is 797 g/mol. The second kappa shape index (κ2) is 13.9. The molecule has 48 heavy (non-hydrogen) atoms. The molecule has 2 nitrogen and oxygen atoms in total. The fourth-order valence-corrected chi connectivity index (χ4v) is 8.45. The summed E-state index contributed by atoms with van der Waals surface area (Å²) in [6.07, 6.45) is 3.83. The first-order valence-electron chi connectivity index (χ1n) is 16.6. The Labute approximate surface area is 303 Å². The minimum absolute atomic E-state index is 0. The van der Waals surface area contributed by atoms with Gasteiger partial charge in [-0.1, -0.05) is 111 Å². The Morgan fingerprint density at radius 3 is 2.19 bits per heavy atom. The van der Waals surface area contributed by atoms with Gasteiger partial charge in [0.15, 0.2) is 0 Å². The van der Waals surface area contributed by atoms with Crippen LogP contribution in [0, 0.1) is 19.1 Å². The van der Waals surface area contributed by atoms with Gasteiger partial charge < -0.3 is 9.97 Å². The maximum Gasteiger partial charge on any atom is 0.0795 e. The van der Waals surface area contributed by atoms with Gasteiger partial charge in [-0.05, 0) is 67.1 Å². The van der Waals surface area contributed by atoms with Crippen molar-refractivity contribution in [1.29, 1.82) is 0 Å². The smallest absolute Gasteiger partial charge is 0.0795 e. The summed E-state index contributed by atoms with van der Waals surface area (Å²) in [5.41, 5.74) is 6.20. The van der Waals surface area contributed by atoms with E-state index < -0.39 is 14.0 Å². The molecular formula is C43H38IrN2SSi-2. The maximum atomic E-state index is 8.42. The Bertz CT molecular complexity index is 2430. The van der Waals surface area contributed by atoms with E-state index in [9.17, 15) is 0 Å². The van der Waals surface area contributed by atoms with E-state index in [0.29, 0.717) is 0 Å². The van der Waals surface area contributed by atoms with Crippen LogP contribution in [0.5, 0.6) is 0 Å². The van der Waals surface area contributed by atoms with Crippen LogP contribution >= 0.6 is 11.3 Å². The quantitative estimate of drug-likeness (QED) is 0.100. The van der Waals surface area contributed by atoms with Crippen molar-refractivity contribution in [3.8, 4) is 22.5 Å². The number of benzene rings is 5. The van der Waals surface area contributed by atoms with Gasteiger partial charge in [-0.25, -0.2) is 0 Å². The zero-order valence-corrected chi connectivity index (χ0v) is 32.3. The average molecular weight is 836 g/mol. The Hall–Kier alpha value is -3.99. The number of hydrogen-bond acceptors (Lipinski definition) is 3. The van der Waals surface area contributed by atoms with Gasteiger partial charge in [0.2, 0.25) is 0 Å². The third-order valence-corrected chi connectivity index (χ3v) is 12.1. The Morgan fingerprint density at radius 1 is 0.708 bits per heavy atom. The second-order valence-corrected chi connectivity index (χ2v) is 19.5. The third-order valence-electron chi connectivity index (χ3n) is 8.77. The standard InChI is InChI=1S/C29H22NS.C14H16NSi.Ir/c1-17(2)19-13-14-30-27(16-19)26-6-4-5-23-25-12-11-22-21-9-7-18(3)15-20(21)8-10-24(22)28(25)31-29(23)26;1-16(2,3)13-9-10-14(15-11-13)12-7-5-4-6-8-12;/h4-5,7-17H,1-3H3;4-7,9-11H,1-3H3;/q2*-1;/i17D;;. The molecule has 0 saturated heterocycles. The van der Waals surface area contributed by atoms with Crippen LogP contribution in [0.4, 0.5) is 0 Å². The number of pyridine rings is 2. The van der Waals surface area contributed by atoms with E-state index >= 15 is 0 Å². The molecule has 8 aromatic rings. The first-order chi connectivity index (χ1) is 23.0. The van der Waals surface area contributed by atoms with Crippen molar-refractivity contribution < 1.29 is 21.5 Å². The SMILES string of the molecule is C[Si](C)(C)c1ccc(-c2[c-]cccc2)nc1.[2H]C(C)(C)c1ccnc(-c2[c-]ccc3c2sc2c3ccc3c4ccc(C)cc4ccc32)c1.[Ir]. The van der Waals surface area contributed by atoms with Crippen LogP contribution in [0.15, 0.2) is 116 Å². The van der Waals surface area contributed by atoms with E-state index in [0.717, 1.165) is 28.1 Å². The Kier molecular flexibility index (Phi) is 9.40. The summed E-state index contributed by atoms with van der Waals surface area (Å²) in [5, 5.41) is 9.07. The minimum atomic E-state index is -1.23. The summed E-state index contributed by atoms with van der Waals surface area (Å²) in [5.74, 6) is -0.665. The summed E-state index contributed by atoms with van der Waals surface area (Å²) in [7, 11) is -1.23. The first-order valence-corrected chi connectivity index (χ1v) is 20.4. The Balaban J connectivity index is 0.000000208. The number of aromatic nitrogens is 2. The molecule has 5 aromatic carbocycles. The summed E-state index contributed by atoms with van der Waals surface area (Å²) in [6, 6.07) is 42.7. The Morgan fingerprint density at radius 2 is 1.46 bits per heavy atom. The zero-order chi connectivity index (χ0) is 33.6.